The molecule has 35 heavy (non-hydrogen) atoms. The van der Waals surface area contributed by atoms with E-state index in [4.69, 9.17) is 9.26 Å². The van der Waals surface area contributed by atoms with E-state index in [1.54, 1.807) is 12.1 Å². The molecule has 1 aromatic heterocycles. The third kappa shape index (κ3) is 5.79. The number of hydrogen-bond acceptors (Lipinski definition) is 7. The molecule has 9 heteroatoms. The van der Waals surface area contributed by atoms with Crippen molar-refractivity contribution in [3.05, 3.63) is 65.5 Å². The van der Waals surface area contributed by atoms with Crippen molar-refractivity contribution in [1.82, 2.24) is 14.4 Å². The van der Waals surface area contributed by atoms with Gasteiger partial charge in [-0.05, 0) is 55.0 Å². The maximum Gasteiger partial charge on any atom is 0.309 e. The van der Waals surface area contributed by atoms with Gasteiger partial charge in [0, 0.05) is 18.7 Å². The number of carbonyl (C=O) groups excluding carboxylic acids is 1. The number of ether oxygens (including phenoxy) is 1. The van der Waals surface area contributed by atoms with Crippen LogP contribution in [0.25, 0.3) is 11.5 Å². The smallest absolute Gasteiger partial charge is 0.309 e. The highest BCUT2D eigenvalue weighted by Crippen LogP contribution is 2.28. The fraction of sp³-hybridized carbons (Fsp3) is 0.423. The Labute approximate surface area is 206 Å². The molecule has 0 spiro atoms. The van der Waals surface area contributed by atoms with Gasteiger partial charge in [-0.1, -0.05) is 55.8 Å². The Balaban J connectivity index is 1.30. The van der Waals surface area contributed by atoms with Crippen LogP contribution in [-0.2, 0) is 31.6 Å². The molecule has 3 aromatic rings. The number of aryl methyl sites for hydroxylation is 1. The first-order valence-electron chi connectivity index (χ1n) is 11.7. The first-order chi connectivity index (χ1) is 16.5. The van der Waals surface area contributed by atoms with Crippen LogP contribution >= 0.6 is 0 Å². The summed E-state index contributed by atoms with van der Waals surface area (Å²) in [5, 5.41) is 3.88. The zero-order chi connectivity index (χ0) is 25.2. The summed E-state index contributed by atoms with van der Waals surface area (Å²) in [6.07, 6.45) is 0.804. The van der Waals surface area contributed by atoms with E-state index in [2.05, 4.69) is 30.9 Å². The number of aromatic nitrogens is 2. The lowest BCUT2D eigenvalue weighted by atomic mass is 9.87. The Kier molecular flexibility index (Phi) is 7.10. The van der Waals surface area contributed by atoms with E-state index in [1.807, 2.05) is 43.3 Å². The number of hydrogen-bond donors (Lipinski definition) is 0. The Bertz CT molecular complexity index is 1270. The molecule has 0 amide bonds. The maximum absolute atomic E-state index is 13.1. The van der Waals surface area contributed by atoms with Gasteiger partial charge in [0.25, 0.3) is 5.89 Å². The fourth-order valence-corrected chi connectivity index (χ4v) is 5.46. The molecule has 1 aliphatic rings. The highest BCUT2D eigenvalue weighted by Gasteiger charge is 2.33. The van der Waals surface area contributed by atoms with E-state index in [0.29, 0.717) is 18.7 Å². The molecule has 0 bridgehead atoms. The monoisotopic (exact) mass is 497 g/mol. The predicted octanol–water partition coefficient (Wildman–Crippen LogP) is 4.49. The molecule has 4 rings (SSSR count). The van der Waals surface area contributed by atoms with Crippen LogP contribution in [0.1, 0.15) is 50.6 Å². The molecule has 8 nitrogen and oxygen atoms in total. The van der Waals surface area contributed by atoms with Gasteiger partial charge in [-0.25, -0.2) is 8.42 Å². The number of rotatable bonds is 6. The van der Waals surface area contributed by atoms with Crippen LogP contribution < -0.4 is 0 Å². The van der Waals surface area contributed by atoms with E-state index in [-0.39, 0.29) is 47.7 Å². The van der Waals surface area contributed by atoms with Crippen LogP contribution in [-0.4, -0.2) is 41.9 Å². The quantitative estimate of drug-likeness (QED) is 0.462. The lowest BCUT2D eigenvalue weighted by molar-refractivity contribution is -0.151. The highest BCUT2D eigenvalue weighted by molar-refractivity contribution is 7.89. The van der Waals surface area contributed by atoms with Crippen LogP contribution in [0.3, 0.4) is 0 Å². The SMILES string of the molecule is Cc1ccc(-c2nc(COC(=O)C3CCN(S(=O)(=O)c4ccc(C(C)(C)C)cc4)CC3)no2)cc1. The summed E-state index contributed by atoms with van der Waals surface area (Å²) in [7, 11) is -3.61. The van der Waals surface area contributed by atoms with Gasteiger partial charge in [-0.2, -0.15) is 9.29 Å². The number of sulfonamides is 1. The zero-order valence-corrected chi connectivity index (χ0v) is 21.3. The van der Waals surface area contributed by atoms with Crippen molar-refractivity contribution in [2.24, 2.45) is 5.92 Å². The van der Waals surface area contributed by atoms with Gasteiger partial charge >= 0.3 is 5.97 Å². The fourth-order valence-electron chi connectivity index (χ4n) is 3.99. The standard InChI is InChI=1S/C26H31N3O5S/c1-18-5-7-19(8-6-18)24-27-23(28-34-24)17-33-25(30)20-13-15-29(16-14-20)35(31,32)22-11-9-21(10-12-22)26(2,3)4/h5-12,20H,13-17H2,1-4H3. The minimum atomic E-state index is -3.61. The Morgan fingerprint density at radius 3 is 2.29 bits per heavy atom. The van der Waals surface area contributed by atoms with Crippen LogP contribution in [0.15, 0.2) is 57.9 Å². The topological polar surface area (TPSA) is 103 Å². The summed E-state index contributed by atoms with van der Waals surface area (Å²) in [5.41, 5.74) is 2.94. The van der Waals surface area contributed by atoms with Crippen LogP contribution in [0, 0.1) is 12.8 Å². The third-order valence-electron chi connectivity index (χ3n) is 6.26. The summed E-state index contributed by atoms with van der Waals surface area (Å²) < 4.78 is 38.2. The number of esters is 1. The van der Waals surface area contributed by atoms with Gasteiger partial charge in [-0.15, -0.1) is 0 Å². The molecule has 0 N–H and O–H groups in total. The average molecular weight is 498 g/mol. The second-order valence-corrected chi connectivity index (χ2v) is 11.9. The minimum absolute atomic E-state index is 0.0509. The Morgan fingerprint density at radius 2 is 1.69 bits per heavy atom. The van der Waals surface area contributed by atoms with Crippen molar-refractivity contribution in [2.45, 2.75) is 57.5 Å². The van der Waals surface area contributed by atoms with Gasteiger partial charge in [-0.3, -0.25) is 4.79 Å². The van der Waals surface area contributed by atoms with E-state index < -0.39 is 10.0 Å². The second-order valence-electron chi connectivity index (χ2n) is 9.94. The van der Waals surface area contributed by atoms with Crippen molar-refractivity contribution in [2.75, 3.05) is 13.1 Å². The second kappa shape index (κ2) is 9.91. The lowest BCUT2D eigenvalue weighted by Crippen LogP contribution is -2.40. The van der Waals surface area contributed by atoms with E-state index in [0.717, 1.165) is 16.7 Å². The molecular weight excluding hydrogens is 466 g/mol. The molecule has 2 heterocycles. The number of carbonyl (C=O) groups is 1. The molecule has 2 aromatic carbocycles. The lowest BCUT2D eigenvalue weighted by Gasteiger charge is -2.30. The Morgan fingerprint density at radius 1 is 1.06 bits per heavy atom. The van der Waals surface area contributed by atoms with Gasteiger partial charge in [0.05, 0.1) is 10.8 Å². The highest BCUT2D eigenvalue weighted by atomic mass is 32.2. The normalized spacial score (nSPS) is 15.8. The molecule has 1 aliphatic heterocycles. The van der Waals surface area contributed by atoms with E-state index in [9.17, 15) is 13.2 Å². The third-order valence-corrected chi connectivity index (χ3v) is 8.17. The van der Waals surface area contributed by atoms with Gasteiger partial charge < -0.3 is 9.26 Å². The first kappa shape index (κ1) is 25.1. The van der Waals surface area contributed by atoms with Gasteiger partial charge in [0.1, 0.15) is 0 Å². The largest absolute Gasteiger partial charge is 0.457 e. The zero-order valence-electron chi connectivity index (χ0n) is 20.5. The number of piperidine rings is 1. The first-order valence-corrected chi connectivity index (χ1v) is 13.1. The molecule has 1 fully saturated rings. The summed E-state index contributed by atoms with van der Waals surface area (Å²) in [5.74, 6) is -0.0933. The van der Waals surface area contributed by atoms with Crippen LogP contribution in [0.2, 0.25) is 0 Å². The molecule has 1 saturated heterocycles. The average Bonchev–Trinajstić information content (AvgIpc) is 3.31. The predicted molar refractivity (Wildman–Crippen MR) is 131 cm³/mol. The number of benzene rings is 2. The van der Waals surface area contributed by atoms with Gasteiger partial charge in [0.2, 0.25) is 15.8 Å². The summed E-state index contributed by atoms with van der Waals surface area (Å²) >= 11 is 0. The summed E-state index contributed by atoms with van der Waals surface area (Å²) in [4.78, 5) is 17.1. The molecule has 0 aliphatic carbocycles. The van der Waals surface area contributed by atoms with Gasteiger partial charge in [0.15, 0.2) is 6.61 Å². The van der Waals surface area contributed by atoms with Crippen molar-refractivity contribution in [3.8, 4) is 11.5 Å². The Hall–Kier alpha value is -3.04. The molecule has 0 atom stereocenters. The number of nitrogens with zero attached hydrogens (tertiary/aromatic N) is 3. The minimum Gasteiger partial charge on any atom is -0.457 e. The van der Waals surface area contributed by atoms with Crippen molar-refractivity contribution in [3.63, 3.8) is 0 Å². The van der Waals surface area contributed by atoms with Crippen LogP contribution in [0.4, 0.5) is 0 Å². The molecule has 0 saturated carbocycles. The molecule has 0 radical (unpaired) electrons. The molecular formula is C26H31N3O5S. The van der Waals surface area contributed by atoms with E-state index in [1.165, 1.54) is 4.31 Å². The van der Waals surface area contributed by atoms with E-state index >= 15 is 0 Å². The molecule has 186 valence electrons. The van der Waals surface area contributed by atoms with Crippen molar-refractivity contribution >= 4 is 16.0 Å². The summed E-state index contributed by atoms with van der Waals surface area (Å²) in [6.45, 7) is 8.69. The maximum atomic E-state index is 13.1. The van der Waals surface area contributed by atoms with Crippen LogP contribution in [0.5, 0.6) is 0 Å². The molecule has 0 unspecified atom stereocenters. The summed E-state index contributed by atoms with van der Waals surface area (Å²) in [6, 6.07) is 14.7. The van der Waals surface area contributed by atoms with Crippen molar-refractivity contribution < 1.29 is 22.5 Å². The van der Waals surface area contributed by atoms with Crippen molar-refractivity contribution in [1.29, 1.82) is 0 Å².